The van der Waals surface area contributed by atoms with Crippen molar-refractivity contribution in [2.24, 2.45) is 0 Å². The zero-order valence-corrected chi connectivity index (χ0v) is 11.8. The molecule has 0 aromatic carbocycles. The largest absolute Gasteiger partial charge is 0.478 e. The van der Waals surface area contributed by atoms with Gasteiger partial charge in [0.05, 0.1) is 6.10 Å². The Hall–Kier alpha value is -0.230. The van der Waals surface area contributed by atoms with Crippen LogP contribution in [0.5, 0.6) is 0 Å². The van der Waals surface area contributed by atoms with Crippen molar-refractivity contribution in [2.45, 2.75) is 31.3 Å². The predicted molar refractivity (Wildman–Crippen MR) is 60.9 cm³/mol. The molecule has 0 aromatic heterocycles. The first-order chi connectivity index (χ1) is 8.71. The molecule has 0 aliphatic carbocycles. The Morgan fingerprint density at radius 3 is 1.40 bits per heavy atom. The molecule has 0 aliphatic rings. The van der Waals surface area contributed by atoms with Gasteiger partial charge in [-0.3, -0.25) is 0 Å². The summed E-state index contributed by atoms with van der Waals surface area (Å²) in [5.74, 6) is 0. The molecule has 0 aromatic rings. The fraction of sp³-hybridized carbons (Fsp3) is 0.833. The second-order valence-corrected chi connectivity index (χ2v) is 6.03. The summed E-state index contributed by atoms with van der Waals surface area (Å²) in [6.45, 7) is 1.24. The second kappa shape index (κ2) is 8.93. The fourth-order valence-corrected chi connectivity index (χ4v) is 1.81. The van der Waals surface area contributed by atoms with E-state index >= 15 is 0 Å². The SMILES string of the molecule is C[C@H](O)[C@@H](O)[C@@H](O)[C@H](O)C=O.O=P(O)(O)OP(=O)(O)O. The normalized spacial score (nSPS) is 18.2. The van der Waals surface area contributed by atoms with Gasteiger partial charge in [0.25, 0.3) is 0 Å². The monoisotopic (exact) mass is 342 g/mol. The van der Waals surface area contributed by atoms with E-state index in [1.807, 2.05) is 0 Å². The van der Waals surface area contributed by atoms with E-state index in [1.165, 1.54) is 6.92 Å². The van der Waals surface area contributed by atoms with E-state index in [1.54, 1.807) is 0 Å². The van der Waals surface area contributed by atoms with Crippen molar-refractivity contribution in [2.75, 3.05) is 0 Å². The maximum absolute atomic E-state index is 9.87. The summed E-state index contributed by atoms with van der Waals surface area (Å²) in [5.41, 5.74) is 0. The zero-order chi connectivity index (χ0) is 16.7. The number of phosphoric acid groups is 2. The van der Waals surface area contributed by atoms with E-state index in [0.29, 0.717) is 0 Å². The van der Waals surface area contributed by atoms with E-state index in [9.17, 15) is 13.9 Å². The Kier molecular flexibility index (Phi) is 9.84. The van der Waals surface area contributed by atoms with Crippen LogP contribution in [0, 0.1) is 0 Å². The van der Waals surface area contributed by atoms with Crippen LogP contribution in [0.1, 0.15) is 6.92 Å². The maximum atomic E-state index is 9.87. The molecular formula is C6H16O12P2. The molecule has 0 bridgehead atoms. The smallest absolute Gasteiger partial charge is 0.391 e. The Morgan fingerprint density at radius 1 is 0.900 bits per heavy atom. The minimum absolute atomic E-state index is 0.0935. The standard InChI is InChI=1S/C6H12O5.H4O7P2/c1-3(8)5(10)6(11)4(9)2-7;1-8(2,3)7-9(4,5)6/h2-6,8-11H,1H3;(H2,1,2,3)(H2,4,5,6)/t3-,4+,5+,6-;/m0./s1. The average Bonchev–Trinajstić information content (AvgIpc) is 2.21. The van der Waals surface area contributed by atoms with Gasteiger partial charge in [-0.2, -0.15) is 4.31 Å². The zero-order valence-electron chi connectivity index (χ0n) is 9.99. The highest BCUT2D eigenvalue weighted by Crippen LogP contribution is 2.53. The first kappa shape index (κ1) is 22.1. The molecule has 0 amide bonds. The van der Waals surface area contributed by atoms with Gasteiger partial charge >= 0.3 is 15.6 Å². The fourth-order valence-electron chi connectivity index (χ4n) is 0.706. The number of aliphatic hydroxyl groups is 4. The van der Waals surface area contributed by atoms with E-state index in [-0.39, 0.29) is 6.29 Å². The van der Waals surface area contributed by atoms with Gasteiger partial charge < -0.3 is 44.8 Å². The summed E-state index contributed by atoms with van der Waals surface area (Å²) in [6, 6.07) is 0. The van der Waals surface area contributed by atoms with Gasteiger partial charge in [-0.25, -0.2) is 9.13 Å². The van der Waals surface area contributed by atoms with E-state index in [4.69, 9.17) is 40.0 Å². The molecule has 0 saturated heterocycles. The van der Waals surface area contributed by atoms with Crippen LogP contribution in [0.4, 0.5) is 0 Å². The molecule has 12 nitrogen and oxygen atoms in total. The van der Waals surface area contributed by atoms with Gasteiger partial charge in [0.1, 0.15) is 18.3 Å². The van der Waals surface area contributed by atoms with Crippen LogP contribution in [0.15, 0.2) is 0 Å². The maximum Gasteiger partial charge on any atom is 0.478 e. The molecule has 8 N–H and O–H groups in total. The Morgan fingerprint density at radius 2 is 1.25 bits per heavy atom. The lowest BCUT2D eigenvalue weighted by Gasteiger charge is -2.21. The number of carbonyl (C=O) groups excluding carboxylic acids is 1. The average molecular weight is 342 g/mol. The van der Waals surface area contributed by atoms with Gasteiger partial charge in [0.15, 0.2) is 6.29 Å². The van der Waals surface area contributed by atoms with Crippen LogP contribution in [-0.2, 0) is 18.2 Å². The lowest BCUT2D eigenvalue weighted by Crippen LogP contribution is -2.43. The molecule has 0 radical (unpaired) electrons. The van der Waals surface area contributed by atoms with Crippen molar-refractivity contribution in [3.05, 3.63) is 0 Å². The molecule has 0 saturated carbocycles. The van der Waals surface area contributed by atoms with Crippen LogP contribution >= 0.6 is 15.6 Å². The first-order valence-corrected chi connectivity index (χ1v) is 7.77. The molecule has 0 unspecified atom stereocenters. The number of aldehydes is 1. The first-order valence-electron chi connectivity index (χ1n) is 4.71. The molecule has 14 heteroatoms. The van der Waals surface area contributed by atoms with Gasteiger partial charge in [0, 0.05) is 0 Å². The molecule has 0 rings (SSSR count). The molecule has 0 aliphatic heterocycles. The number of aliphatic hydroxyl groups excluding tert-OH is 4. The Labute approximate surface area is 112 Å². The highest BCUT2D eigenvalue weighted by atomic mass is 31.3. The summed E-state index contributed by atoms with van der Waals surface area (Å²) >= 11 is 0. The van der Waals surface area contributed by atoms with E-state index in [2.05, 4.69) is 4.31 Å². The van der Waals surface area contributed by atoms with Gasteiger partial charge in [0.2, 0.25) is 0 Å². The summed E-state index contributed by atoms with van der Waals surface area (Å²) in [7, 11) is -10.1. The third kappa shape index (κ3) is 12.8. The summed E-state index contributed by atoms with van der Waals surface area (Å²) in [5, 5.41) is 35.1. The van der Waals surface area contributed by atoms with E-state index < -0.39 is 40.1 Å². The van der Waals surface area contributed by atoms with Crippen molar-refractivity contribution in [3.8, 4) is 0 Å². The summed E-state index contributed by atoms with van der Waals surface area (Å²) in [6.07, 6.45) is -5.88. The van der Waals surface area contributed by atoms with Crippen LogP contribution in [0.3, 0.4) is 0 Å². The molecule has 4 atom stereocenters. The molecule has 0 fully saturated rings. The van der Waals surface area contributed by atoms with Crippen molar-refractivity contribution in [1.29, 1.82) is 0 Å². The van der Waals surface area contributed by atoms with Crippen LogP contribution in [-0.4, -0.2) is 70.7 Å². The van der Waals surface area contributed by atoms with Gasteiger partial charge in [-0.15, -0.1) is 0 Å². The quantitative estimate of drug-likeness (QED) is 0.177. The van der Waals surface area contributed by atoms with E-state index in [0.717, 1.165) is 0 Å². The minimum atomic E-state index is -5.05. The number of carbonyl (C=O) groups is 1. The number of hydrogen-bond acceptors (Lipinski definition) is 8. The van der Waals surface area contributed by atoms with Crippen LogP contribution in [0.2, 0.25) is 0 Å². The second-order valence-electron chi connectivity index (χ2n) is 3.41. The number of rotatable bonds is 6. The van der Waals surface area contributed by atoms with Crippen molar-refractivity contribution < 1.29 is 58.2 Å². The third-order valence-electron chi connectivity index (χ3n) is 1.55. The summed E-state index contributed by atoms with van der Waals surface area (Å²) in [4.78, 5) is 40.9. The molecular weight excluding hydrogens is 326 g/mol. The molecule has 20 heavy (non-hydrogen) atoms. The lowest BCUT2D eigenvalue weighted by atomic mass is 10.1. The number of hydrogen-bond donors (Lipinski definition) is 8. The lowest BCUT2D eigenvalue weighted by molar-refractivity contribution is -0.132. The predicted octanol–water partition coefficient (Wildman–Crippen LogP) is -3.16. The highest BCUT2D eigenvalue weighted by molar-refractivity contribution is 7.60. The van der Waals surface area contributed by atoms with Crippen LogP contribution in [0.25, 0.3) is 0 Å². The summed E-state index contributed by atoms with van der Waals surface area (Å²) < 4.78 is 22.2. The highest BCUT2D eigenvalue weighted by Gasteiger charge is 2.28. The topological polar surface area (TPSA) is 222 Å². The van der Waals surface area contributed by atoms with Crippen molar-refractivity contribution >= 4 is 21.9 Å². The Balaban J connectivity index is 0. The van der Waals surface area contributed by atoms with Crippen molar-refractivity contribution in [3.63, 3.8) is 0 Å². The van der Waals surface area contributed by atoms with Crippen molar-refractivity contribution in [1.82, 2.24) is 0 Å². The van der Waals surface area contributed by atoms with Crippen LogP contribution < -0.4 is 0 Å². The van der Waals surface area contributed by atoms with Gasteiger partial charge in [-0.1, -0.05) is 0 Å². The van der Waals surface area contributed by atoms with Gasteiger partial charge in [-0.05, 0) is 6.92 Å². The third-order valence-corrected chi connectivity index (χ3v) is 3.25. The molecule has 0 heterocycles. The molecule has 0 spiro atoms. The minimum Gasteiger partial charge on any atom is -0.391 e. The Bertz CT molecular complexity index is 350. The molecule has 122 valence electrons.